The summed E-state index contributed by atoms with van der Waals surface area (Å²) in [7, 11) is 0. The van der Waals surface area contributed by atoms with Gasteiger partial charge >= 0.3 is 6.09 Å². The van der Waals surface area contributed by atoms with Crippen LogP contribution >= 0.6 is 0 Å². The number of hydrogen-bond acceptors (Lipinski definition) is 6. The molecule has 0 radical (unpaired) electrons. The Bertz CT molecular complexity index is 1060. The van der Waals surface area contributed by atoms with Crippen molar-refractivity contribution in [1.29, 1.82) is 5.26 Å². The number of carbonyl (C=O) groups is 1. The van der Waals surface area contributed by atoms with Gasteiger partial charge in [0.2, 0.25) is 0 Å². The van der Waals surface area contributed by atoms with E-state index in [2.05, 4.69) is 27.2 Å². The van der Waals surface area contributed by atoms with Gasteiger partial charge in [-0.15, -0.1) is 0 Å². The van der Waals surface area contributed by atoms with Gasteiger partial charge in [0.25, 0.3) is 5.56 Å². The van der Waals surface area contributed by atoms with Crippen molar-refractivity contribution in [2.75, 3.05) is 5.32 Å². The maximum Gasteiger partial charge on any atom is 0.407 e. The van der Waals surface area contributed by atoms with E-state index in [0.29, 0.717) is 29.5 Å². The number of ether oxygens (including phenoxy) is 1. The van der Waals surface area contributed by atoms with Crippen LogP contribution < -0.4 is 21.9 Å². The summed E-state index contributed by atoms with van der Waals surface area (Å²) in [6.45, 7) is 9.23. The lowest BCUT2D eigenvalue weighted by molar-refractivity contribution is 0.0523. The quantitative estimate of drug-likeness (QED) is 0.368. The highest BCUT2D eigenvalue weighted by Gasteiger charge is 2.18. The van der Waals surface area contributed by atoms with Crippen LogP contribution in [0.4, 0.5) is 16.2 Å². The highest BCUT2D eigenvalue weighted by molar-refractivity contribution is 6.03. The molecule has 1 heterocycles. The van der Waals surface area contributed by atoms with Crippen LogP contribution in [-0.2, 0) is 11.3 Å². The van der Waals surface area contributed by atoms with Gasteiger partial charge in [0, 0.05) is 25.4 Å². The van der Waals surface area contributed by atoms with Crippen molar-refractivity contribution in [2.24, 2.45) is 10.7 Å². The van der Waals surface area contributed by atoms with E-state index in [-0.39, 0.29) is 11.4 Å². The molecule has 0 saturated heterocycles. The van der Waals surface area contributed by atoms with E-state index >= 15 is 0 Å². The zero-order valence-corrected chi connectivity index (χ0v) is 20.1. The zero-order chi connectivity index (χ0) is 25.1. The van der Waals surface area contributed by atoms with Gasteiger partial charge in [0.15, 0.2) is 0 Å². The number of nitrogens with two attached hydrogens (primary N) is 1. The van der Waals surface area contributed by atoms with E-state index in [9.17, 15) is 9.59 Å². The Labute approximate surface area is 200 Å². The molecule has 3 rings (SSSR count). The molecule has 5 N–H and O–H groups in total. The Hall–Kier alpha value is -3.80. The molecule has 2 aromatic rings. The molecule has 0 aliphatic heterocycles. The molecule has 1 aliphatic carbocycles. The van der Waals surface area contributed by atoms with Gasteiger partial charge in [-0.3, -0.25) is 4.79 Å². The molecule has 1 aromatic heterocycles. The summed E-state index contributed by atoms with van der Waals surface area (Å²) in [5, 5.41) is 12.7. The SMILES string of the molecule is C#N.CC(C)(C)OC(=O)NCc1cccc(N=C(N)c2c(NC3CCCCC3)cc[nH]c2=O)c1. The second-order valence-electron chi connectivity index (χ2n) is 9.10. The summed E-state index contributed by atoms with van der Waals surface area (Å²) in [4.78, 5) is 31.6. The van der Waals surface area contributed by atoms with Gasteiger partial charge in [-0.2, -0.15) is 0 Å². The molecule has 0 unspecified atom stereocenters. The van der Waals surface area contributed by atoms with Gasteiger partial charge in [-0.05, 0) is 57.4 Å². The van der Waals surface area contributed by atoms with Crippen LogP contribution in [0.25, 0.3) is 0 Å². The zero-order valence-electron chi connectivity index (χ0n) is 20.1. The second-order valence-corrected chi connectivity index (χ2v) is 9.10. The van der Waals surface area contributed by atoms with Gasteiger partial charge in [-0.25, -0.2) is 15.0 Å². The first kappa shape index (κ1) is 26.5. The number of H-pyrrole nitrogens is 1. The van der Waals surface area contributed by atoms with E-state index in [0.717, 1.165) is 18.4 Å². The van der Waals surface area contributed by atoms with Gasteiger partial charge in [-0.1, -0.05) is 31.4 Å². The van der Waals surface area contributed by atoms with Gasteiger partial charge < -0.3 is 26.1 Å². The number of nitrogens with zero attached hydrogens (tertiary/aromatic N) is 2. The molecular formula is C25H34N6O3. The highest BCUT2D eigenvalue weighted by atomic mass is 16.6. The molecule has 1 fully saturated rings. The summed E-state index contributed by atoms with van der Waals surface area (Å²) in [6.07, 6.45) is 6.91. The minimum Gasteiger partial charge on any atom is -0.444 e. The molecule has 182 valence electrons. The average molecular weight is 467 g/mol. The number of carbonyl (C=O) groups excluding carboxylic acids is 1. The smallest absolute Gasteiger partial charge is 0.407 e. The Balaban J connectivity index is 0.00000199. The largest absolute Gasteiger partial charge is 0.444 e. The third kappa shape index (κ3) is 8.28. The molecule has 9 nitrogen and oxygen atoms in total. The lowest BCUT2D eigenvalue weighted by Gasteiger charge is -2.24. The van der Waals surface area contributed by atoms with Gasteiger partial charge in [0.1, 0.15) is 17.0 Å². The van der Waals surface area contributed by atoms with E-state index < -0.39 is 11.7 Å². The van der Waals surface area contributed by atoms with Crippen molar-refractivity contribution in [3.63, 3.8) is 0 Å². The number of pyridine rings is 1. The normalized spacial score (nSPS) is 14.4. The average Bonchev–Trinajstić information content (AvgIpc) is 2.79. The number of amidine groups is 1. The summed E-state index contributed by atoms with van der Waals surface area (Å²) in [5.41, 5.74) is 7.91. The molecular weight excluding hydrogens is 432 g/mol. The van der Waals surface area contributed by atoms with Crippen LogP contribution in [0.3, 0.4) is 0 Å². The molecule has 1 aliphatic rings. The number of aromatic amines is 1. The number of rotatable bonds is 6. The number of nitriles is 1. The molecule has 1 amide bonds. The number of hydrogen-bond donors (Lipinski definition) is 4. The van der Waals surface area contributed by atoms with Gasteiger partial charge in [0.05, 0.1) is 11.4 Å². The lowest BCUT2D eigenvalue weighted by atomic mass is 9.95. The number of alkyl carbamates (subject to hydrolysis) is 1. The van der Waals surface area contributed by atoms with E-state index in [1.807, 2.05) is 45.0 Å². The maximum atomic E-state index is 12.6. The topological polar surface area (TPSA) is 145 Å². The number of anilines is 1. The second kappa shape index (κ2) is 12.4. The van der Waals surface area contributed by atoms with Crippen molar-refractivity contribution in [1.82, 2.24) is 10.3 Å². The maximum absolute atomic E-state index is 12.6. The van der Waals surface area contributed by atoms with Crippen LogP contribution in [0.15, 0.2) is 46.3 Å². The monoisotopic (exact) mass is 466 g/mol. The predicted octanol–water partition coefficient (Wildman–Crippen LogP) is 4.32. The molecule has 34 heavy (non-hydrogen) atoms. The Morgan fingerprint density at radius 1 is 1.24 bits per heavy atom. The number of aromatic nitrogens is 1. The Kier molecular flexibility index (Phi) is 9.68. The van der Waals surface area contributed by atoms with E-state index in [1.165, 1.54) is 19.3 Å². The first-order chi connectivity index (χ1) is 16.2. The van der Waals surface area contributed by atoms with Crippen LogP contribution in [-0.4, -0.2) is 28.6 Å². The van der Waals surface area contributed by atoms with Crippen LogP contribution in [0.1, 0.15) is 64.0 Å². The van der Waals surface area contributed by atoms with Crippen molar-refractivity contribution in [2.45, 2.75) is 71.1 Å². The number of aliphatic imine (C=N–C) groups is 1. The molecule has 0 spiro atoms. The van der Waals surface area contributed by atoms with Crippen LogP contribution in [0.2, 0.25) is 0 Å². The summed E-state index contributed by atoms with van der Waals surface area (Å²) >= 11 is 0. The molecule has 9 heteroatoms. The fourth-order valence-corrected chi connectivity index (χ4v) is 3.74. The molecule has 0 bridgehead atoms. The first-order valence-corrected chi connectivity index (χ1v) is 11.4. The van der Waals surface area contributed by atoms with Crippen molar-refractivity contribution >= 4 is 23.3 Å². The minimum atomic E-state index is -0.559. The highest BCUT2D eigenvalue weighted by Crippen LogP contribution is 2.23. The summed E-state index contributed by atoms with van der Waals surface area (Å²) < 4.78 is 5.26. The van der Waals surface area contributed by atoms with Crippen molar-refractivity contribution in [3.05, 3.63) is 58.0 Å². The molecule has 1 saturated carbocycles. The summed E-state index contributed by atoms with van der Waals surface area (Å²) in [6, 6.07) is 9.48. The standard InChI is InChI=1S/C24H33N5O3.CHN/c1-24(2,3)32-23(31)27-15-16-8-7-11-18(14-16)29-21(25)20-19(12-13-26-22(20)30)28-17-9-5-4-6-10-17;1-2/h7-8,11-14,17H,4-6,9-10,15H2,1-3H3,(H2,25,29)(H,27,31)(H2,26,28,30);1H. The first-order valence-electron chi connectivity index (χ1n) is 11.4. The lowest BCUT2D eigenvalue weighted by Crippen LogP contribution is -2.32. The van der Waals surface area contributed by atoms with Crippen molar-refractivity contribution in [3.8, 4) is 6.57 Å². The van der Waals surface area contributed by atoms with Crippen molar-refractivity contribution < 1.29 is 9.53 Å². The fraction of sp³-hybridized carbons (Fsp3) is 0.440. The summed E-state index contributed by atoms with van der Waals surface area (Å²) in [5.74, 6) is 0.141. The number of amides is 1. The molecule has 1 aromatic carbocycles. The fourth-order valence-electron chi connectivity index (χ4n) is 3.74. The minimum absolute atomic E-state index is 0.141. The Morgan fingerprint density at radius 3 is 2.62 bits per heavy atom. The molecule has 0 atom stereocenters. The van der Waals surface area contributed by atoms with Crippen LogP contribution in [0.5, 0.6) is 0 Å². The number of benzene rings is 1. The van der Waals surface area contributed by atoms with E-state index in [1.54, 1.807) is 12.3 Å². The number of nitrogens with one attached hydrogen (secondary N) is 3. The third-order valence-electron chi connectivity index (χ3n) is 5.18. The Morgan fingerprint density at radius 2 is 1.94 bits per heavy atom. The third-order valence-corrected chi connectivity index (χ3v) is 5.18. The van der Waals surface area contributed by atoms with Crippen LogP contribution in [0, 0.1) is 11.8 Å². The van der Waals surface area contributed by atoms with E-state index in [4.69, 9.17) is 15.7 Å². The predicted molar refractivity (Wildman–Crippen MR) is 134 cm³/mol.